The van der Waals surface area contributed by atoms with E-state index in [1.165, 1.54) is 6.07 Å². The second kappa shape index (κ2) is 7.86. The van der Waals surface area contributed by atoms with Crippen LogP contribution in [-0.4, -0.2) is 11.7 Å². The van der Waals surface area contributed by atoms with Crippen LogP contribution >= 0.6 is 0 Å². The van der Waals surface area contributed by atoms with Gasteiger partial charge in [0.05, 0.1) is 0 Å². The quantitative estimate of drug-likeness (QED) is 0.814. The minimum absolute atomic E-state index is 0.0345. The van der Waals surface area contributed by atoms with Gasteiger partial charge in [-0.3, -0.25) is 9.59 Å². The summed E-state index contributed by atoms with van der Waals surface area (Å²) in [4.78, 5) is 24.1. The number of aryl methyl sites for hydroxylation is 3. The van der Waals surface area contributed by atoms with Gasteiger partial charge in [-0.25, -0.2) is 4.39 Å². The van der Waals surface area contributed by atoms with E-state index in [2.05, 4.69) is 5.32 Å². The van der Waals surface area contributed by atoms with E-state index in [-0.39, 0.29) is 36.9 Å². The number of nitrogens with one attached hydrogen (secondary N) is 1. The molecule has 1 amide bonds. The lowest BCUT2D eigenvalue weighted by atomic mass is 9.99. The fourth-order valence-corrected chi connectivity index (χ4v) is 2.43. The molecule has 0 unspecified atom stereocenters. The number of Topliss-reactive ketones (excluding diaryl/α,β-unsaturated/α-hetero) is 1. The van der Waals surface area contributed by atoms with Crippen LogP contribution in [0.4, 0.5) is 4.39 Å². The smallest absolute Gasteiger partial charge is 0.220 e. The van der Waals surface area contributed by atoms with E-state index in [1.54, 1.807) is 19.1 Å². The zero-order valence-corrected chi connectivity index (χ0v) is 14.3. The van der Waals surface area contributed by atoms with Gasteiger partial charge in [0.15, 0.2) is 5.78 Å². The first-order valence-electron chi connectivity index (χ1n) is 7.99. The molecule has 0 radical (unpaired) electrons. The Morgan fingerprint density at radius 2 is 1.67 bits per heavy atom. The topological polar surface area (TPSA) is 46.2 Å². The zero-order chi connectivity index (χ0) is 17.7. The molecule has 0 aliphatic heterocycles. The summed E-state index contributed by atoms with van der Waals surface area (Å²) in [6, 6.07) is 10.6. The standard InChI is InChI=1S/C20H22FNO2/c1-13-4-5-14(2)17(10-13)19(23)8-9-20(24)22-12-16-7-6-15(3)18(21)11-16/h4-7,10-11H,8-9,12H2,1-3H3,(H,22,24). The number of amides is 1. The lowest BCUT2D eigenvalue weighted by Crippen LogP contribution is -2.23. The van der Waals surface area contributed by atoms with Crippen LogP contribution in [0.2, 0.25) is 0 Å². The summed E-state index contributed by atoms with van der Waals surface area (Å²) in [5.74, 6) is -0.533. The second-order valence-electron chi connectivity index (χ2n) is 6.10. The number of hydrogen-bond acceptors (Lipinski definition) is 2. The number of hydrogen-bond donors (Lipinski definition) is 1. The van der Waals surface area contributed by atoms with E-state index in [0.717, 1.165) is 11.1 Å². The summed E-state index contributed by atoms with van der Waals surface area (Å²) in [5.41, 5.74) is 3.89. The highest BCUT2D eigenvalue weighted by atomic mass is 19.1. The fourth-order valence-electron chi connectivity index (χ4n) is 2.43. The van der Waals surface area contributed by atoms with Crippen LogP contribution < -0.4 is 5.32 Å². The Balaban J connectivity index is 1.85. The average Bonchev–Trinajstić information content (AvgIpc) is 2.56. The van der Waals surface area contributed by atoms with Gasteiger partial charge in [-0.05, 0) is 49.6 Å². The predicted molar refractivity (Wildman–Crippen MR) is 92.5 cm³/mol. The van der Waals surface area contributed by atoms with E-state index in [9.17, 15) is 14.0 Å². The third-order valence-corrected chi connectivity index (χ3v) is 4.00. The predicted octanol–water partition coefficient (Wildman–Crippen LogP) is 4.03. The molecule has 0 saturated heterocycles. The lowest BCUT2D eigenvalue weighted by molar-refractivity contribution is -0.121. The van der Waals surface area contributed by atoms with Gasteiger partial charge >= 0.3 is 0 Å². The normalized spacial score (nSPS) is 10.5. The number of carbonyl (C=O) groups is 2. The van der Waals surface area contributed by atoms with Crippen molar-refractivity contribution >= 4 is 11.7 Å². The molecule has 2 aromatic carbocycles. The summed E-state index contributed by atoms with van der Waals surface area (Å²) in [7, 11) is 0. The van der Waals surface area contributed by atoms with Crippen LogP contribution in [0.1, 0.15) is 45.5 Å². The van der Waals surface area contributed by atoms with Gasteiger partial charge in [0, 0.05) is 24.9 Å². The maximum atomic E-state index is 13.5. The van der Waals surface area contributed by atoms with E-state index in [1.807, 2.05) is 32.0 Å². The van der Waals surface area contributed by atoms with E-state index >= 15 is 0 Å². The molecule has 0 aliphatic carbocycles. The van der Waals surface area contributed by atoms with Gasteiger partial charge < -0.3 is 5.32 Å². The molecule has 24 heavy (non-hydrogen) atoms. The monoisotopic (exact) mass is 327 g/mol. The van der Waals surface area contributed by atoms with Gasteiger partial charge in [0.1, 0.15) is 5.82 Å². The molecule has 0 bridgehead atoms. The van der Waals surface area contributed by atoms with Gasteiger partial charge in [0.25, 0.3) is 0 Å². The summed E-state index contributed by atoms with van der Waals surface area (Å²) in [5, 5.41) is 2.72. The van der Waals surface area contributed by atoms with Crippen molar-refractivity contribution < 1.29 is 14.0 Å². The van der Waals surface area contributed by atoms with E-state index in [4.69, 9.17) is 0 Å². The Hall–Kier alpha value is -2.49. The molecule has 0 spiro atoms. The third-order valence-electron chi connectivity index (χ3n) is 4.00. The summed E-state index contributed by atoms with van der Waals surface area (Å²) in [6.45, 7) is 5.77. The van der Waals surface area contributed by atoms with E-state index < -0.39 is 0 Å². The van der Waals surface area contributed by atoms with Crippen LogP contribution in [0.15, 0.2) is 36.4 Å². The average molecular weight is 327 g/mol. The van der Waals surface area contributed by atoms with Crippen LogP contribution in [0.3, 0.4) is 0 Å². The molecule has 126 valence electrons. The SMILES string of the molecule is Cc1ccc(C)c(C(=O)CCC(=O)NCc2ccc(C)c(F)c2)c1. The second-order valence-corrected chi connectivity index (χ2v) is 6.10. The van der Waals surface area contributed by atoms with Gasteiger partial charge in [-0.15, -0.1) is 0 Å². The first kappa shape index (κ1) is 17.9. The third kappa shape index (κ3) is 4.75. The van der Waals surface area contributed by atoms with Crippen molar-refractivity contribution in [3.05, 3.63) is 70.0 Å². The van der Waals surface area contributed by atoms with Crippen LogP contribution in [-0.2, 0) is 11.3 Å². The highest BCUT2D eigenvalue weighted by Gasteiger charge is 2.12. The minimum atomic E-state index is -0.285. The van der Waals surface area contributed by atoms with Gasteiger partial charge in [0.2, 0.25) is 5.91 Å². The molecule has 3 nitrogen and oxygen atoms in total. The molecule has 0 aromatic heterocycles. The van der Waals surface area contributed by atoms with Crippen LogP contribution in [0.25, 0.3) is 0 Å². The van der Waals surface area contributed by atoms with E-state index in [0.29, 0.717) is 16.7 Å². The maximum Gasteiger partial charge on any atom is 0.220 e. The molecular weight excluding hydrogens is 305 g/mol. The minimum Gasteiger partial charge on any atom is -0.352 e. The van der Waals surface area contributed by atoms with Crippen molar-refractivity contribution in [3.63, 3.8) is 0 Å². The Kier molecular flexibility index (Phi) is 5.85. The molecule has 0 aliphatic rings. The summed E-state index contributed by atoms with van der Waals surface area (Å²) >= 11 is 0. The largest absolute Gasteiger partial charge is 0.352 e. The lowest BCUT2D eigenvalue weighted by Gasteiger charge is -2.08. The molecule has 2 aromatic rings. The van der Waals surface area contributed by atoms with Crippen molar-refractivity contribution in [3.8, 4) is 0 Å². The Morgan fingerprint density at radius 3 is 2.38 bits per heavy atom. The Labute approximate surface area is 141 Å². The number of rotatable bonds is 6. The Bertz CT molecular complexity index is 768. The van der Waals surface area contributed by atoms with Crippen molar-refractivity contribution in [2.24, 2.45) is 0 Å². The number of halogens is 1. The van der Waals surface area contributed by atoms with Gasteiger partial charge in [-0.2, -0.15) is 0 Å². The van der Waals surface area contributed by atoms with Gasteiger partial charge in [-0.1, -0.05) is 29.8 Å². The molecule has 2 rings (SSSR count). The molecule has 0 fully saturated rings. The molecule has 0 saturated carbocycles. The maximum absolute atomic E-state index is 13.5. The van der Waals surface area contributed by atoms with Crippen molar-refractivity contribution in [2.75, 3.05) is 0 Å². The number of carbonyl (C=O) groups excluding carboxylic acids is 2. The molecule has 0 heterocycles. The number of benzene rings is 2. The van der Waals surface area contributed by atoms with Crippen LogP contribution in [0.5, 0.6) is 0 Å². The highest BCUT2D eigenvalue weighted by molar-refractivity contribution is 5.99. The Morgan fingerprint density at radius 1 is 0.958 bits per heavy atom. The molecule has 1 N–H and O–H groups in total. The molecule has 0 atom stereocenters. The summed E-state index contributed by atoms with van der Waals surface area (Å²) < 4.78 is 13.5. The molecule has 4 heteroatoms. The van der Waals surface area contributed by atoms with Crippen LogP contribution in [0, 0.1) is 26.6 Å². The van der Waals surface area contributed by atoms with Crippen molar-refractivity contribution in [1.29, 1.82) is 0 Å². The first-order valence-corrected chi connectivity index (χ1v) is 7.99. The zero-order valence-electron chi connectivity index (χ0n) is 14.3. The first-order chi connectivity index (χ1) is 11.4. The summed E-state index contributed by atoms with van der Waals surface area (Å²) in [6.07, 6.45) is 0.291. The van der Waals surface area contributed by atoms with Crippen molar-refractivity contribution in [2.45, 2.75) is 40.2 Å². The number of ketones is 1. The fraction of sp³-hybridized carbons (Fsp3) is 0.300. The molecular formula is C20H22FNO2. The highest BCUT2D eigenvalue weighted by Crippen LogP contribution is 2.14. The van der Waals surface area contributed by atoms with Crippen molar-refractivity contribution in [1.82, 2.24) is 5.32 Å².